The van der Waals surface area contributed by atoms with Crippen LogP contribution in [-0.2, 0) is 20.9 Å². The minimum atomic E-state index is -0.847. The number of carbonyl (C=O) groups is 2. The third-order valence-corrected chi connectivity index (χ3v) is 3.74. The second-order valence-electron chi connectivity index (χ2n) is 6.03. The van der Waals surface area contributed by atoms with Crippen molar-refractivity contribution in [3.05, 3.63) is 76.9 Å². The van der Waals surface area contributed by atoms with Crippen molar-refractivity contribution in [1.82, 2.24) is 5.32 Å². The first-order chi connectivity index (χ1) is 11.9. The number of hydrogen-bond donors (Lipinski definition) is 1. The Bertz CT molecular complexity index is 746. The van der Waals surface area contributed by atoms with E-state index < -0.39 is 12.1 Å². The number of ether oxygens (including phenoxy) is 1. The highest BCUT2D eigenvalue weighted by Gasteiger charge is 2.15. The lowest BCUT2D eigenvalue weighted by atomic mass is 10.1. The van der Waals surface area contributed by atoms with Crippen LogP contribution in [0.1, 0.15) is 29.2 Å². The standard InChI is InChI=1S/C21H23NO3/c1-15-4-8-18(9-5-15)12-13-20(23)25-17(3)21(24)22-14-19-10-6-16(2)7-11-19/h4-13,17H,14H2,1-3H3,(H,22,24)/b13-12+/t17-/m1/s1. The average molecular weight is 337 g/mol. The average Bonchev–Trinajstić information content (AvgIpc) is 2.60. The maximum absolute atomic E-state index is 12.0. The van der Waals surface area contributed by atoms with Gasteiger partial charge in [0.2, 0.25) is 0 Å². The van der Waals surface area contributed by atoms with Gasteiger partial charge in [0.05, 0.1) is 0 Å². The van der Waals surface area contributed by atoms with E-state index >= 15 is 0 Å². The molecule has 1 atom stereocenters. The van der Waals surface area contributed by atoms with Gasteiger partial charge in [-0.05, 0) is 38.0 Å². The molecule has 2 aromatic rings. The molecule has 0 spiro atoms. The Kier molecular flexibility index (Phi) is 6.52. The van der Waals surface area contributed by atoms with Crippen LogP contribution in [-0.4, -0.2) is 18.0 Å². The molecule has 0 aliphatic carbocycles. The molecule has 0 aliphatic rings. The Morgan fingerprint density at radius 2 is 1.56 bits per heavy atom. The van der Waals surface area contributed by atoms with E-state index in [1.54, 1.807) is 13.0 Å². The van der Waals surface area contributed by atoms with E-state index in [-0.39, 0.29) is 5.91 Å². The minimum absolute atomic E-state index is 0.322. The van der Waals surface area contributed by atoms with Crippen LogP contribution in [0.5, 0.6) is 0 Å². The van der Waals surface area contributed by atoms with Crippen LogP contribution in [0.25, 0.3) is 6.08 Å². The van der Waals surface area contributed by atoms with Crippen LogP contribution in [0, 0.1) is 13.8 Å². The summed E-state index contributed by atoms with van der Waals surface area (Å²) >= 11 is 0. The third-order valence-electron chi connectivity index (χ3n) is 3.74. The third kappa shape index (κ3) is 6.26. The number of amides is 1. The van der Waals surface area contributed by atoms with Gasteiger partial charge in [-0.1, -0.05) is 59.7 Å². The van der Waals surface area contributed by atoms with E-state index in [2.05, 4.69) is 5.32 Å². The molecular formula is C21H23NO3. The summed E-state index contributed by atoms with van der Waals surface area (Å²) in [5, 5.41) is 2.76. The molecule has 0 bridgehead atoms. The molecule has 2 rings (SSSR count). The van der Waals surface area contributed by atoms with Gasteiger partial charge in [0.25, 0.3) is 5.91 Å². The van der Waals surface area contributed by atoms with Crippen LogP contribution in [0.4, 0.5) is 0 Å². The summed E-state index contributed by atoms with van der Waals surface area (Å²) in [5.41, 5.74) is 4.21. The van der Waals surface area contributed by atoms with Gasteiger partial charge in [-0.25, -0.2) is 4.79 Å². The first-order valence-electron chi connectivity index (χ1n) is 8.22. The normalized spacial score (nSPS) is 12.0. The van der Waals surface area contributed by atoms with Crippen molar-refractivity contribution in [2.24, 2.45) is 0 Å². The zero-order chi connectivity index (χ0) is 18.2. The number of hydrogen-bond acceptors (Lipinski definition) is 3. The molecule has 0 radical (unpaired) electrons. The number of rotatable bonds is 6. The summed E-state index contributed by atoms with van der Waals surface area (Å²) < 4.78 is 5.13. The lowest BCUT2D eigenvalue weighted by Crippen LogP contribution is -2.35. The molecule has 0 aliphatic heterocycles. The molecule has 4 nitrogen and oxygen atoms in total. The van der Waals surface area contributed by atoms with Gasteiger partial charge in [0.1, 0.15) is 0 Å². The number of nitrogens with one attached hydrogen (secondary N) is 1. The Morgan fingerprint density at radius 3 is 2.16 bits per heavy atom. The molecular weight excluding hydrogens is 314 g/mol. The topological polar surface area (TPSA) is 55.4 Å². The summed E-state index contributed by atoms with van der Waals surface area (Å²) in [5.74, 6) is -0.865. The quantitative estimate of drug-likeness (QED) is 0.648. The highest BCUT2D eigenvalue weighted by molar-refractivity contribution is 5.90. The second-order valence-corrected chi connectivity index (χ2v) is 6.03. The Balaban J connectivity index is 1.80. The van der Waals surface area contributed by atoms with Crippen LogP contribution >= 0.6 is 0 Å². The fourth-order valence-corrected chi connectivity index (χ4v) is 2.15. The lowest BCUT2D eigenvalue weighted by molar-refractivity contribution is -0.150. The predicted molar refractivity (Wildman–Crippen MR) is 98.8 cm³/mol. The first-order valence-corrected chi connectivity index (χ1v) is 8.22. The van der Waals surface area contributed by atoms with Crippen molar-refractivity contribution in [2.75, 3.05) is 0 Å². The van der Waals surface area contributed by atoms with Gasteiger partial charge in [0, 0.05) is 12.6 Å². The van der Waals surface area contributed by atoms with Crippen molar-refractivity contribution in [3.63, 3.8) is 0 Å². The number of esters is 1. The number of benzene rings is 2. The molecule has 0 aromatic heterocycles. The van der Waals surface area contributed by atoms with Crippen molar-refractivity contribution < 1.29 is 14.3 Å². The lowest BCUT2D eigenvalue weighted by Gasteiger charge is -2.12. The summed E-state index contributed by atoms with van der Waals surface area (Å²) in [6.07, 6.45) is 2.15. The molecule has 4 heteroatoms. The van der Waals surface area contributed by atoms with Crippen LogP contribution < -0.4 is 5.32 Å². The predicted octanol–water partition coefficient (Wildman–Crippen LogP) is 3.56. The number of carbonyl (C=O) groups excluding carboxylic acids is 2. The van der Waals surface area contributed by atoms with E-state index in [0.717, 1.165) is 22.3 Å². The summed E-state index contributed by atoms with van der Waals surface area (Å²) in [7, 11) is 0. The fraction of sp³-hybridized carbons (Fsp3) is 0.238. The van der Waals surface area contributed by atoms with E-state index in [1.807, 2.05) is 62.4 Å². The smallest absolute Gasteiger partial charge is 0.331 e. The molecule has 2 aromatic carbocycles. The Labute approximate surface area is 148 Å². The van der Waals surface area contributed by atoms with Gasteiger partial charge >= 0.3 is 5.97 Å². The van der Waals surface area contributed by atoms with Crippen molar-refractivity contribution in [3.8, 4) is 0 Å². The Morgan fingerprint density at radius 1 is 1.00 bits per heavy atom. The van der Waals surface area contributed by atoms with Gasteiger partial charge in [-0.3, -0.25) is 4.79 Å². The molecule has 25 heavy (non-hydrogen) atoms. The van der Waals surface area contributed by atoms with Crippen LogP contribution in [0.2, 0.25) is 0 Å². The van der Waals surface area contributed by atoms with Crippen LogP contribution in [0.3, 0.4) is 0 Å². The molecule has 0 saturated carbocycles. The minimum Gasteiger partial charge on any atom is -0.449 e. The van der Waals surface area contributed by atoms with Crippen molar-refractivity contribution in [1.29, 1.82) is 0 Å². The summed E-state index contributed by atoms with van der Waals surface area (Å²) in [6.45, 7) is 5.97. The largest absolute Gasteiger partial charge is 0.449 e. The van der Waals surface area contributed by atoms with Crippen molar-refractivity contribution in [2.45, 2.75) is 33.4 Å². The zero-order valence-corrected chi connectivity index (χ0v) is 14.8. The fourth-order valence-electron chi connectivity index (χ4n) is 2.15. The Hall–Kier alpha value is -2.88. The maximum atomic E-state index is 12.0. The van der Waals surface area contributed by atoms with Gasteiger partial charge < -0.3 is 10.1 Å². The summed E-state index contributed by atoms with van der Waals surface area (Å²) in [6, 6.07) is 15.6. The van der Waals surface area contributed by atoms with Gasteiger partial charge in [0.15, 0.2) is 6.10 Å². The van der Waals surface area contributed by atoms with Gasteiger partial charge in [-0.15, -0.1) is 0 Å². The SMILES string of the molecule is Cc1ccc(/C=C/C(=O)O[C@H](C)C(=O)NCc2ccc(C)cc2)cc1. The molecule has 0 fully saturated rings. The highest BCUT2D eigenvalue weighted by Crippen LogP contribution is 2.06. The molecule has 1 amide bonds. The van der Waals surface area contributed by atoms with Crippen molar-refractivity contribution >= 4 is 18.0 Å². The molecule has 0 saturated heterocycles. The summed E-state index contributed by atoms with van der Waals surface area (Å²) in [4.78, 5) is 23.8. The van der Waals surface area contributed by atoms with Crippen LogP contribution in [0.15, 0.2) is 54.6 Å². The molecule has 0 heterocycles. The van der Waals surface area contributed by atoms with E-state index in [4.69, 9.17) is 4.74 Å². The molecule has 1 N–H and O–H groups in total. The first kappa shape index (κ1) is 18.5. The number of aryl methyl sites for hydroxylation is 2. The molecule has 130 valence electrons. The second kappa shape index (κ2) is 8.83. The maximum Gasteiger partial charge on any atom is 0.331 e. The van der Waals surface area contributed by atoms with E-state index in [9.17, 15) is 9.59 Å². The molecule has 0 unspecified atom stereocenters. The van der Waals surface area contributed by atoms with E-state index in [1.165, 1.54) is 6.08 Å². The zero-order valence-electron chi connectivity index (χ0n) is 14.8. The van der Waals surface area contributed by atoms with Gasteiger partial charge in [-0.2, -0.15) is 0 Å². The van der Waals surface area contributed by atoms with E-state index in [0.29, 0.717) is 6.54 Å². The monoisotopic (exact) mass is 337 g/mol. The highest BCUT2D eigenvalue weighted by atomic mass is 16.5.